The number of nitrogens with one attached hydrogen (secondary N) is 2. The van der Waals surface area contributed by atoms with Gasteiger partial charge in [0.05, 0.1) is 68.9 Å². The number of phenolic OH excluding ortho intramolecular Hbond substituents is 1. The second-order valence-corrected chi connectivity index (χ2v) is 19.8. The van der Waals surface area contributed by atoms with E-state index in [0.717, 1.165) is 28.6 Å². The van der Waals surface area contributed by atoms with Gasteiger partial charge in [0, 0.05) is 83.0 Å². The summed E-state index contributed by atoms with van der Waals surface area (Å²) in [6.07, 6.45) is 9.85. The molecule has 2 saturated heterocycles. The van der Waals surface area contributed by atoms with Crippen molar-refractivity contribution in [2.24, 2.45) is 17.4 Å². The van der Waals surface area contributed by atoms with Crippen LogP contribution in [0.3, 0.4) is 0 Å². The third-order valence-electron chi connectivity index (χ3n) is 13.6. The van der Waals surface area contributed by atoms with Gasteiger partial charge in [-0.05, 0) is 60.4 Å². The van der Waals surface area contributed by atoms with Crippen LogP contribution < -0.4 is 26.6 Å². The fourth-order valence-electron chi connectivity index (χ4n) is 9.42. The number of nitrogens with zero attached hydrogens (tertiary/aromatic N) is 13. The molecule has 25 heteroatoms. The second kappa shape index (κ2) is 27.5. The predicted molar refractivity (Wildman–Crippen MR) is 289 cm³/mol. The molecule has 8 N–H and O–H groups in total. The fourth-order valence-corrected chi connectivity index (χ4v) is 9.42. The van der Waals surface area contributed by atoms with Gasteiger partial charge in [0.1, 0.15) is 24.4 Å². The van der Waals surface area contributed by atoms with Gasteiger partial charge >= 0.3 is 5.97 Å². The molecular weight excluding hydrogens is 1000 g/mol. The lowest BCUT2D eigenvalue weighted by molar-refractivity contribution is -0.139. The molecule has 2 amide bonds. The molecule has 2 aromatic carbocycles. The number of rotatable bonds is 28. The van der Waals surface area contributed by atoms with E-state index in [1.165, 1.54) is 4.68 Å². The highest BCUT2D eigenvalue weighted by atomic mass is 16.5. The average Bonchev–Trinajstić information content (AvgIpc) is 4.26. The first kappa shape index (κ1) is 56.4. The smallest absolute Gasteiger partial charge is 0.303 e. The van der Waals surface area contributed by atoms with E-state index in [4.69, 9.17) is 47.1 Å². The number of aromatic amines is 1. The standard InChI is InChI=1S/C53H71N17O8/c1-4-24-76-26-28-78-29-27-77-25-15-56-51-58-52(67-20-16-65(17-21-67)49(74)46(13-14-48(72)73)69-34-45(62-63-69)42(55)31-37-9-11-40(71)12-10-37)60-53(59-51)68-22-18-66(19-23-68)50(75)47(33-39-32-38-7-5-6-8-43(38)57-39)70-35-44(61-64-70)41(54)30-36(2)3/h1,5-12,32,34-36,41-42,46-47,57,71H,13-31,33,54-55H2,2-3H3,(H,72,73)(H,56,58,59,60)/t41?,42?,46-,47+/m0/s1. The summed E-state index contributed by atoms with van der Waals surface area (Å²) in [7, 11) is 0. The summed E-state index contributed by atoms with van der Waals surface area (Å²) >= 11 is 0. The van der Waals surface area contributed by atoms with E-state index in [0.29, 0.717) is 127 Å². The van der Waals surface area contributed by atoms with Crippen LogP contribution >= 0.6 is 0 Å². The number of carboxylic acids is 1. The van der Waals surface area contributed by atoms with E-state index in [-0.39, 0.29) is 56.1 Å². The zero-order valence-electron chi connectivity index (χ0n) is 44.3. The topological polar surface area (TPSA) is 312 Å². The Hall–Kier alpha value is -7.76. The number of benzene rings is 2. The molecule has 2 aliphatic rings. The van der Waals surface area contributed by atoms with Crippen LogP contribution in [0, 0.1) is 18.3 Å². The van der Waals surface area contributed by atoms with Crippen molar-refractivity contribution in [3.8, 4) is 18.1 Å². The van der Waals surface area contributed by atoms with Gasteiger partial charge < -0.3 is 65.8 Å². The number of para-hydroxylation sites is 1. The number of piperazine rings is 2. The third-order valence-corrected chi connectivity index (χ3v) is 13.6. The maximum atomic E-state index is 14.7. The fraction of sp³-hybridized carbons (Fsp3) is 0.509. The predicted octanol–water partition coefficient (Wildman–Crippen LogP) is 2.51. The van der Waals surface area contributed by atoms with E-state index in [9.17, 15) is 24.6 Å². The number of hydrogen-bond acceptors (Lipinski definition) is 19. The molecule has 0 spiro atoms. The van der Waals surface area contributed by atoms with Gasteiger partial charge in [-0.2, -0.15) is 15.0 Å². The Bertz CT molecular complexity index is 2890. The molecule has 4 atom stereocenters. The Morgan fingerprint density at radius 2 is 1.32 bits per heavy atom. The number of aliphatic carboxylic acids is 1. The van der Waals surface area contributed by atoms with Gasteiger partial charge in [-0.1, -0.05) is 60.5 Å². The molecule has 0 saturated carbocycles. The normalized spacial score (nSPS) is 15.6. The number of aromatic hydroxyl groups is 1. The molecule has 0 bridgehead atoms. The molecule has 2 unspecified atom stereocenters. The molecule has 416 valence electrons. The first-order valence-corrected chi connectivity index (χ1v) is 26.5. The summed E-state index contributed by atoms with van der Waals surface area (Å²) in [5, 5.41) is 41.1. The van der Waals surface area contributed by atoms with Gasteiger partial charge in [-0.25, -0.2) is 9.36 Å². The molecule has 0 aliphatic carbocycles. The number of hydrogen-bond donors (Lipinski definition) is 6. The lowest BCUT2D eigenvalue weighted by Gasteiger charge is -2.38. The maximum absolute atomic E-state index is 14.7. The van der Waals surface area contributed by atoms with E-state index >= 15 is 0 Å². The summed E-state index contributed by atoms with van der Waals surface area (Å²) in [4.78, 5) is 66.4. The Balaban J connectivity index is 0.943. The van der Waals surface area contributed by atoms with Crippen LogP contribution in [0.1, 0.15) is 79.9 Å². The summed E-state index contributed by atoms with van der Waals surface area (Å²) in [6.45, 7) is 9.64. The van der Waals surface area contributed by atoms with E-state index in [2.05, 4.69) is 56.8 Å². The van der Waals surface area contributed by atoms with Crippen LogP contribution in [0.2, 0.25) is 0 Å². The number of aromatic nitrogens is 10. The zero-order valence-corrected chi connectivity index (χ0v) is 44.3. The van der Waals surface area contributed by atoms with Crippen molar-refractivity contribution in [3.05, 3.63) is 89.6 Å². The Kier molecular flexibility index (Phi) is 19.9. The zero-order chi connectivity index (χ0) is 55.0. The SMILES string of the molecule is C#CCOCCOCCOCCNc1nc(N2CCN(C(=O)[C@@H](Cc3cc4ccccc4[nH]3)n3cc(C(N)CC(C)C)nn3)CC2)nc(N2CCN(C(=O)[C@H](CCC(=O)O)n3cc(C(N)Cc4ccc(O)cc4)nn3)CC2)n1. The average molecular weight is 1070 g/mol. The number of carbonyl (C=O) groups excluding carboxylic acids is 2. The number of amides is 2. The summed E-state index contributed by atoms with van der Waals surface area (Å²) < 4.78 is 19.6. The largest absolute Gasteiger partial charge is 0.508 e. The van der Waals surface area contributed by atoms with Crippen LogP contribution in [0.25, 0.3) is 10.9 Å². The molecule has 0 radical (unpaired) electrons. The Morgan fingerprint density at radius 1 is 0.744 bits per heavy atom. The summed E-state index contributed by atoms with van der Waals surface area (Å²) in [5.41, 5.74) is 16.9. The minimum absolute atomic E-state index is 0.00673. The number of fused-ring (bicyclic) bond motifs is 1. The monoisotopic (exact) mass is 1070 g/mol. The lowest BCUT2D eigenvalue weighted by atomic mass is 10.0. The molecule has 6 heterocycles. The molecule has 25 nitrogen and oxygen atoms in total. The van der Waals surface area contributed by atoms with Crippen molar-refractivity contribution >= 4 is 46.5 Å². The number of H-pyrrole nitrogens is 1. The second-order valence-electron chi connectivity index (χ2n) is 19.8. The van der Waals surface area contributed by atoms with Crippen molar-refractivity contribution in [2.75, 3.05) is 114 Å². The molecule has 2 aliphatic heterocycles. The molecule has 4 aromatic heterocycles. The number of phenols is 1. The van der Waals surface area contributed by atoms with E-state index < -0.39 is 24.1 Å². The highest BCUT2D eigenvalue weighted by Gasteiger charge is 2.34. The van der Waals surface area contributed by atoms with E-state index in [1.807, 2.05) is 39.0 Å². The Labute approximate surface area is 452 Å². The molecular formula is C53H71N17O8. The van der Waals surface area contributed by atoms with Crippen LogP contribution in [-0.4, -0.2) is 186 Å². The van der Waals surface area contributed by atoms with Gasteiger partial charge in [-0.3, -0.25) is 14.4 Å². The third kappa shape index (κ3) is 15.5. The van der Waals surface area contributed by atoms with Gasteiger partial charge in [0.25, 0.3) is 0 Å². The summed E-state index contributed by atoms with van der Waals surface area (Å²) in [5.74, 6) is 2.62. The first-order valence-electron chi connectivity index (χ1n) is 26.5. The number of ether oxygens (including phenoxy) is 3. The van der Waals surface area contributed by atoms with Gasteiger partial charge in [0.2, 0.25) is 29.7 Å². The van der Waals surface area contributed by atoms with Crippen LogP contribution in [0.15, 0.2) is 67.0 Å². The quantitative estimate of drug-likeness (QED) is 0.0304. The van der Waals surface area contributed by atoms with Gasteiger partial charge in [0.15, 0.2) is 0 Å². The summed E-state index contributed by atoms with van der Waals surface area (Å²) in [6, 6.07) is 14.2. The van der Waals surface area contributed by atoms with Crippen molar-refractivity contribution in [2.45, 2.75) is 70.1 Å². The minimum Gasteiger partial charge on any atom is -0.508 e. The number of terminal acetylenes is 1. The Morgan fingerprint density at radius 3 is 1.92 bits per heavy atom. The van der Waals surface area contributed by atoms with Crippen molar-refractivity contribution in [1.29, 1.82) is 0 Å². The number of carboxylic acid groups (broad SMARTS) is 1. The first-order chi connectivity index (χ1) is 37.8. The molecule has 6 aromatic rings. The number of anilines is 3. The maximum Gasteiger partial charge on any atom is 0.303 e. The number of carbonyl (C=O) groups is 3. The van der Waals surface area contributed by atoms with Crippen LogP contribution in [0.4, 0.5) is 17.8 Å². The van der Waals surface area contributed by atoms with Crippen molar-refractivity contribution < 1.29 is 38.8 Å². The van der Waals surface area contributed by atoms with E-state index in [1.54, 1.807) is 46.2 Å². The van der Waals surface area contributed by atoms with Crippen molar-refractivity contribution in [3.63, 3.8) is 0 Å². The van der Waals surface area contributed by atoms with Gasteiger partial charge in [-0.15, -0.1) is 16.6 Å². The highest BCUT2D eigenvalue weighted by Crippen LogP contribution is 2.27. The molecule has 78 heavy (non-hydrogen) atoms. The van der Waals surface area contributed by atoms with Crippen LogP contribution in [0.5, 0.6) is 5.75 Å². The highest BCUT2D eigenvalue weighted by molar-refractivity contribution is 5.83. The molecule has 8 rings (SSSR count). The van der Waals surface area contributed by atoms with Crippen LogP contribution in [-0.2, 0) is 41.4 Å². The van der Waals surface area contributed by atoms with Crippen molar-refractivity contribution in [1.82, 2.24) is 59.7 Å². The minimum atomic E-state index is -1.04. The lowest BCUT2D eigenvalue weighted by Crippen LogP contribution is -2.52. The number of nitrogens with two attached hydrogens (primary N) is 2. The molecule has 2 fully saturated rings.